The molecule has 66 heavy (non-hydrogen) atoms. The molecule has 0 bridgehead atoms. The molecule has 0 aliphatic rings. The number of ether oxygens (including phenoxy) is 1. The summed E-state index contributed by atoms with van der Waals surface area (Å²) in [5.41, 5.74) is 4.32. The average Bonchev–Trinajstić information content (AvgIpc) is 3.28. The van der Waals surface area contributed by atoms with Crippen molar-refractivity contribution in [2.45, 2.75) is 62.8 Å². The van der Waals surface area contributed by atoms with Crippen molar-refractivity contribution in [1.82, 2.24) is 0 Å². The van der Waals surface area contributed by atoms with E-state index in [1.165, 1.54) is 51.0 Å². The standard InChI is InChI=1S/2C12H8F2.C11H10O2.C10H8F2O2.C10H10.CH4/c1-3-5-9-7-11(13)10(6-4-2)12(14)8-9;1-3-5-9-7-8-10(6-4-2)12(14)11(9)13;1-3-4-9-5-7-10(8-6-9)11(12)13-2;1-3-4-7-5-8(11)10(14-13-2)9(12)6-7;1-3-4-10-7-5-9(2)6-8-10;/h2*7-8H,1-2H3;5-8H,1-2H3;5-6H,1-2H3;5-8H,1-2H3;1H4. The number of carbonyl (C=O) groups is 1. The molecule has 0 amide bonds. The van der Waals surface area contributed by atoms with E-state index in [0.717, 1.165) is 23.3 Å². The molecule has 0 N–H and O–H groups in total. The Morgan fingerprint density at radius 2 is 0.803 bits per heavy atom. The van der Waals surface area contributed by atoms with Crippen LogP contribution in [0.2, 0.25) is 0 Å². The number of aryl methyl sites for hydroxylation is 1. The Bertz CT molecular complexity index is 2760. The van der Waals surface area contributed by atoms with E-state index in [9.17, 15) is 31.1 Å². The first-order valence-corrected chi connectivity index (χ1v) is 19.1. The van der Waals surface area contributed by atoms with Crippen LogP contribution >= 0.6 is 0 Å². The molecule has 0 atom stereocenters. The van der Waals surface area contributed by atoms with Gasteiger partial charge >= 0.3 is 5.97 Å². The minimum Gasteiger partial charge on any atom is -0.465 e. The number of carbonyl (C=O) groups excluding carboxylic acids is 1. The van der Waals surface area contributed by atoms with Crippen molar-refractivity contribution in [3.05, 3.63) is 170 Å². The fourth-order valence-electron chi connectivity index (χ4n) is 4.72. The SMILES string of the molecule is C.CC#Cc1cc(F)c(C#CC)c(F)c1.CC#Cc1cc(F)c(OOC)c(F)c1.CC#Cc1ccc(C#CC)c(F)c1F.CC#Cc1ccc(C(=O)OC)cc1.CC#Cc1ccc(C)cc1. The second-order valence-electron chi connectivity index (χ2n) is 12.2. The van der Waals surface area contributed by atoms with Gasteiger partial charge in [0.15, 0.2) is 23.3 Å². The summed E-state index contributed by atoms with van der Waals surface area (Å²) in [5.74, 6) is 30.7. The van der Waals surface area contributed by atoms with Crippen LogP contribution in [0.15, 0.2) is 84.9 Å². The molecule has 0 saturated heterocycles. The lowest BCUT2D eigenvalue weighted by Gasteiger charge is -2.03. The van der Waals surface area contributed by atoms with Crippen LogP contribution in [0.5, 0.6) is 5.75 Å². The fraction of sp³-hybridized carbons (Fsp3) is 0.196. The van der Waals surface area contributed by atoms with E-state index < -0.39 is 40.7 Å². The molecule has 0 fully saturated rings. The van der Waals surface area contributed by atoms with Crippen LogP contribution in [-0.2, 0) is 9.62 Å². The van der Waals surface area contributed by atoms with Gasteiger partial charge in [0.25, 0.3) is 0 Å². The van der Waals surface area contributed by atoms with Gasteiger partial charge in [-0.2, -0.15) is 4.89 Å². The molecular formula is C56H48F6O4. The van der Waals surface area contributed by atoms with Gasteiger partial charge in [-0.15, -0.1) is 41.4 Å². The van der Waals surface area contributed by atoms with Crippen LogP contribution in [0.4, 0.5) is 26.3 Å². The molecule has 0 saturated carbocycles. The maximum Gasteiger partial charge on any atom is 0.337 e. The van der Waals surface area contributed by atoms with Crippen LogP contribution in [-0.4, -0.2) is 20.2 Å². The van der Waals surface area contributed by atoms with Crippen LogP contribution in [0.3, 0.4) is 0 Å². The van der Waals surface area contributed by atoms with Crippen LogP contribution < -0.4 is 4.89 Å². The van der Waals surface area contributed by atoms with Gasteiger partial charge in [-0.05, 0) is 128 Å². The van der Waals surface area contributed by atoms with Crippen LogP contribution in [0, 0.1) is 125 Å². The number of esters is 1. The number of hydrogen-bond acceptors (Lipinski definition) is 4. The zero-order valence-corrected chi connectivity index (χ0v) is 37.5. The molecule has 0 aliphatic carbocycles. The van der Waals surface area contributed by atoms with Crippen molar-refractivity contribution < 1.29 is 45.6 Å². The molecule has 0 aliphatic heterocycles. The van der Waals surface area contributed by atoms with Crippen molar-refractivity contribution in [1.29, 1.82) is 0 Å². The summed E-state index contributed by atoms with van der Waals surface area (Å²) in [5, 5.41) is 0. The third-order valence-electron chi connectivity index (χ3n) is 7.49. The molecule has 5 aromatic rings. The van der Waals surface area contributed by atoms with Crippen molar-refractivity contribution >= 4 is 5.97 Å². The summed E-state index contributed by atoms with van der Waals surface area (Å²) in [6.07, 6.45) is 0. The number of methoxy groups -OCH3 is 1. The van der Waals surface area contributed by atoms with Gasteiger partial charge in [-0.3, -0.25) is 0 Å². The van der Waals surface area contributed by atoms with Gasteiger partial charge in [-0.25, -0.2) is 31.1 Å². The summed E-state index contributed by atoms with van der Waals surface area (Å²) in [7, 11) is 2.53. The van der Waals surface area contributed by atoms with Gasteiger partial charge in [0.05, 0.1) is 36.5 Å². The molecular weight excluding hydrogens is 851 g/mol. The summed E-state index contributed by atoms with van der Waals surface area (Å²) >= 11 is 0. The van der Waals surface area contributed by atoms with E-state index in [2.05, 4.69) is 116 Å². The third kappa shape index (κ3) is 20.3. The largest absolute Gasteiger partial charge is 0.465 e. The molecule has 4 nitrogen and oxygen atoms in total. The number of rotatable bonds is 3. The summed E-state index contributed by atoms with van der Waals surface area (Å²) in [6.45, 7) is 13.5. The zero-order valence-electron chi connectivity index (χ0n) is 37.5. The lowest BCUT2D eigenvalue weighted by atomic mass is 10.1. The molecule has 5 aromatic carbocycles. The van der Waals surface area contributed by atoms with E-state index in [1.54, 1.807) is 58.9 Å². The normalized spacial score (nSPS) is 8.36. The van der Waals surface area contributed by atoms with Gasteiger partial charge in [0.1, 0.15) is 11.6 Å². The number of halogens is 6. The highest BCUT2D eigenvalue weighted by Crippen LogP contribution is 2.23. The van der Waals surface area contributed by atoms with Gasteiger partial charge in [0, 0.05) is 22.3 Å². The maximum absolute atomic E-state index is 13.2. The first-order chi connectivity index (χ1) is 31.2. The van der Waals surface area contributed by atoms with Crippen molar-refractivity contribution in [3.8, 4) is 88.6 Å². The summed E-state index contributed by atoms with van der Waals surface area (Å²) in [4.78, 5) is 19.5. The maximum atomic E-state index is 13.2. The second-order valence-corrected chi connectivity index (χ2v) is 12.2. The van der Waals surface area contributed by atoms with Gasteiger partial charge in [-0.1, -0.05) is 66.6 Å². The van der Waals surface area contributed by atoms with E-state index >= 15 is 0 Å². The highest BCUT2D eigenvalue weighted by molar-refractivity contribution is 5.89. The Hall–Kier alpha value is -8.17. The predicted molar refractivity (Wildman–Crippen MR) is 250 cm³/mol. The highest BCUT2D eigenvalue weighted by atomic mass is 19.2. The fourth-order valence-corrected chi connectivity index (χ4v) is 4.72. The molecule has 10 heteroatoms. The highest BCUT2D eigenvalue weighted by Gasteiger charge is 2.13. The lowest BCUT2D eigenvalue weighted by Crippen LogP contribution is -2.00. The number of benzene rings is 5. The third-order valence-corrected chi connectivity index (χ3v) is 7.49. The molecule has 0 radical (unpaired) electrons. The summed E-state index contributed by atoms with van der Waals surface area (Å²) < 4.78 is 83.7. The van der Waals surface area contributed by atoms with Crippen LogP contribution in [0.25, 0.3) is 0 Å². The lowest BCUT2D eigenvalue weighted by molar-refractivity contribution is -0.182. The first-order valence-electron chi connectivity index (χ1n) is 19.1. The molecule has 5 rings (SSSR count). The topological polar surface area (TPSA) is 44.8 Å². The Labute approximate surface area is 386 Å². The van der Waals surface area contributed by atoms with E-state index in [1.807, 2.05) is 19.1 Å². The predicted octanol–water partition coefficient (Wildman–Crippen LogP) is 12.5. The van der Waals surface area contributed by atoms with Crippen molar-refractivity contribution in [2.75, 3.05) is 14.2 Å². The smallest absolute Gasteiger partial charge is 0.337 e. The molecule has 0 heterocycles. The molecule has 0 aromatic heterocycles. The Morgan fingerprint density at radius 1 is 0.455 bits per heavy atom. The van der Waals surface area contributed by atoms with E-state index in [0.29, 0.717) is 11.1 Å². The minimum atomic E-state index is -0.931. The second kappa shape index (κ2) is 32.5. The van der Waals surface area contributed by atoms with E-state index in [-0.39, 0.29) is 35.6 Å². The monoisotopic (exact) mass is 898 g/mol. The Kier molecular flexibility index (Phi) is 28.5. The van der Waals surface area contributed by atoms with Gasteiger partial charge < -0.3 is 9.62 Å². The first kappa shape index (κ1) is 57.8. The molecule has 338 valence electrons. The van der Waals surface area contributed by atoms with Crippen LogP contribution in [0.1, 0.15) is 111 Å². The minimum absolute atomic E-state index is 0. The Balaban J connectivity index is 0.000000801. The molecule has 0 unspecified atom stereocenters. The van der Waals surface area contributed by atoms with Gasteiger partial charge in [0.2, 0.25) is 5.75 Å². The zero-order chi connectivity index (χ0) is 48.7. The van der Waals surface area contributed by atoms with Crippen molar-refractivity contribution in [2.24, 2.45) is 0 Å². The average molecular weight is 899 g/mol. The summed E-state index contributed by atoms with van der Waals surface area (Å²) in [6, 6.07) is 22.6. The van der Waals surface area contributed by atoms with E-state index in [4.69, 9.17) is 0 Å². The molecule has 0 spiro atoms. The van der Waals surface area contributed by atoms with Crippen molar-refractivity contribution in [3.63, 3.8) is 0 Å². The number of hydrogen-bond donors (Lipinski definition) is 0. The Morgan fingerprint density at radius 3 is 1.15 bits per heavy atom. The quantitative estimate of drug-likeness (QED) is 0.0595.